The van der Waals surface area contributed by atoms with Crippen LogP contribution in [0.15, 0.2) is 36.5 Å². The van der Waals surface area contributed by atoms with Gasteiger partial charge in [0.2, 0.25) is 0 Å². The zero-order valence-corrected chi connectivity index (χ0v) is 10.9. The highest BCUT2D eigenvalue weighted by Crippen LogP contribution is 2.30. The van der Waals surface area contributed by atoms with Crippen molar-refractivity contribution in [2.24, 2.45) is 5.73 Å². The van der Waals surface area contributed by atoms with Crippen LogP contribution in [-0.4, -0.2) is 9.97 Å². The lowest BCUT2D eigenvalue weighted by atomic mass is 10.2. The third kappa shape index (κ3) is 1.89. The quantitative estimate of drug-likeness (QED) is 0.765. The molecule has 0 aliphatic rings. The average Bonchev–Trinajstić information content (AvgIpc) is 2.84. The van der Waals surface area contributed by atoms with Gasteiger partial charge >= 0.3 is 0 Å². The van der Waals surface area contributed by atoms with Crippen molar-refractivity contribution < 1.29 is 0 Å². The first-order valence-corrected chi connectivity index (χ1v) is 6.61. The van der Waals surface area contributed by atoms with Crippen LogP contribution in [0.5, 0.6) is 0 Å². The standard InChI is InChI=1S/C14H13N3S/c1-9-3-2-4-12-13(9)17-14(18-12)11-6-5-10(7-15)8-16-11/h2-6,8H,7,15H2,1H3. The van der Waals surface area contributed by atoms with Gasteiger partial charge in [0.1, 0.15) is 5.01 Å². The SMILES string of the molecule is Cc1cccc2sc(-c3ccc(CN)cn3)nc12. The maximum atomic E-state index is 5.57. The number of nitrogens with zero attached hydrogens (tertiary/aromatic N) is 2. The minimum absolute atomic E-state index is 0.520. The Labute approximate surface area is 109 Å². The van der Waals surface area contributed by atoms with E-state index < -0.39 is 0 Å². The van der Waals surface area contributed by atoms with Gasteiger partial charge in [-0.3, -0.25) is 4.98 Å². The number of nitrogens with two attached hydrogens (primary N) is 1. The molecule has 2 heterocycles. The van der Waals surface area contributed by atoms with Crippen LogP contribution < -0.4 is 5.73 Å². The number of rotatable bonds is 2. The maximum absolute atomic E-state index is 5.57. The van der Waals surface area contributed by atoms with Crippen molar-refractivity contribution in [1.29, 1.82) is 0 Å². The van der Waals surface area contributed by atoms with Gasteiger partial charge in [-0.05, 0) is 30.2 Å². The van der Waals surface area contributed by atoms with E-state index in [1.165, 1.54) is 10.3 Å². The Morgan fingerprint density at radius 3 is 2.78 bits per heavy atom. The molecule has 3 nitrogen and oxygen atoms in total. The van der Waals surface area contributed by atoms with Crippen LogP contribution in [-0.2, 0) is 6.54 Å². The molecular weight excluding hydrogens is 242 g/mol. The number of hydrogen-bond donors (Lipinski definition) is 1. The highest BCUT2D eigenvalue weighted by molar-refractivity contribution is 7.21. The average molecular weight is 255 g/mol. The summed E-state index contributed by atoms with van der Waals surface area (Å²) in [6, 6.07) is 10.2. The van der Waals surface area contributed by atoms with Gasteiger partial charge in [0.25, 0.3) is 0 Å². The first-order valence-electron chi connectivity index (χ1n) is 5.79. The molecule has 1 aromatic carbocycles. The number of aromatic nitrogens is 2. The number of fused-ring (bicyclic) bond motifs is 1. The Morgan fingerprint density at radius 2 is 2.11 bits per heavy atom. The van der Waals surface area contributed by atoms with Crippen LogP contribution in [0, 0.1) is 6.92 Å². The number of thiazole rings is 1. The largest absolute Gasteiger partial charge is 0.326 e. The second-order valence-electron chi connectivity index (χ2n) is 4.20. The van der Waals surface area contributed by atoms with E-state index in [-0.39, 0.29) is 0 Å². The predicted molar refractivity (Wildman–Crippen MR) is 75.5 cm³/mol. The molecule has 0 amide bonds. The van der Waals surface area contributed by atoms with E-state index in [0.717, 1.165) is 21.8 Å². The summed E-state index contributed by atoms with van der Waals surface area (Å²) >= 11 is 1.67. The summed E-state index contributed by atoms with van der Waals surface area (Å²) in [6.45, 7) is 2.60. The predicted octanol–water partition coefficient (Wildman–Crippen LogP) is 3.13. The van der Waals surface area contributed by atoms with E-state index in [1.54, 1.807) is 11.3 Å². The molecule has 2 N–H and O–H groups in total. The van der Waals surface area contributed by atoms with Crippen molar-refractivity contribution in [1.82, 2.24) is 9.97 Å². The molecule has 0 saturated carbocycles. The molecule has 0 spiro atoms. The van der Waals surface area contributed by atoms with Crippen LogP contribution in [0.2, 0.25) is 0 Å². The molecule has 0 saturated heterocycles. The molecule has 0 bridgehead atoms. The normalized spacial score (nSPS) is 11.0. The van der Waals surface area contributed by atoms with E-state index in [0.29, 0.717) is 6.54 Å². The fraction of sp³-hybridized carbons (Fsp3) is 0.143. The van der Waals surface area contributed by atoms with Gasteiger partial charge in [-0.25, -0.2) is 4.98 Å². The highest BCUT2D eigenvalue weighted by Gasteiger charge is 2.08. The lowest BCUT2D eigenvalue weighted by Crippen LogP contribution is -1.96. The summed E-state index contributed by atoms with van der Waals surface area (Å²) in [6.07, 6.45) is 1.81. The topological polar surface area (TPSA) is 51.8 Å². The highest BCUT2D eigenvalue weighted by atomic mass is 32.1. The van der Waals surface area contributed by atoms with Crippen molar-refractivity contribution in [3.63, 3.8) is 0 Å². The molecule has 0 aliphatic heterocycles. The lowest BCUT2D eigenvalue weighted by Gasteiger charge is -1.97. The molecule has 0 unspecified atom stereocenters. The van der Waals surface area contributed by atoms with Crippen molar-refractivity contribution in [3.05, 3.63) is 47.7 Å². The fourth-order valence-corrected chi connectivity index (χ4v) is 2.89. The Hall–Kier alpha value is -1.78. The number of benzene rings is 1. The molecule has 90 valence electrons. The molecule has 3 rings (SSSR count). The number of hydrogen-bond acceptors (Lipinski definition) is 4. The van der Waals surface area contributed by atoms with E-state index >= 15 is 0 Å². The number of pyridine rings is 1. The number of aryl methyl sites for hydroxylation is 1. The molecule has 0 aliphatic carbocycles. The molecule has 2 aromatic heterocycles. The summed E-state index contributed by atoms with van der Waals surface area (Å²) in [5, 5.41) is 0.961. The summed E-state index contributed by atoms with van der Waals surface area (Å²) in [7, 11) is 0. The number of para-hydroxylation sites is 1. The molecule has 3 aromatic rings. The molecule has 18 heavy (non-hydrogen) atoms. The van der Waals surface area contributed by atoms with E-state index in [2.05, 4.69) is 35.1 Å². The zero-order valence-electron chi connectivity index (χ0n) is 10.1. The van der Waals surface area contributed by atoms with Crippen molar-refractivity contribution in [3.8, 4) is 10.7 Å². The summed E-state index contributed by atoms with van der Waals surface area (Å²) in [5.74, 6) is 0. The van der Waals surface area contributed by atoms with Crippen molar-refractivity contribution >= 4 is 21.6 Å². The van der Waals surface area contributed by atoms with Gasteiger partial charge in [-0.15, -0.1) is 11.3 Å². The van der Waals surface area contributed by atoms with E-state index in [1.807, 2.05) is 18.3 Å². The maximum Gasteiger partial charge on any atom is 0.143 e. The Kier molecular flexibility index (Phi) is 2.81. The second kappa shape index (κ2) is 4.48. The van der Waals surface area contributed by atoms with Gasteiger partial charge in [-0.2, -0.15) is 0 Å². The van der Waals surface area contributed by atoms with Crippen molar-refractivity contribution in [2.45, 2.75) is 13.5 Å². The summed E-state index contributed by atoms with van der Waals surface area (Å²) in [4.78, 5) is 9.08. The van der Waals surface area contributed by atoms with Crippen LogP contribution in [0.3, 0.4) is 0 Å². The first-order chi connectivity index (χ1) is 8.78. The Morgan fingerprint density at radius 1 is 1.22 bits per heavy atom. The molecule has 0 radical (unpaired) electrons. The second-order valence-corrected chi connectivity index (χ2v) is 5.23. The monoisotopic (exact) mass is 255 g/mol. The smallest absolute Gasteiger partial charge is 0.143 e. The van der Waals surface area contributed by atoms with E-state index in [9.17, 15) is 0 Å². The van der Waals surface area contributed by atoms with Gasteiger partial charge in [0.15, 0.2) is 0 Å². The fourth-order valence-electron chi connectivity index (χ4n) is 1.87. The third-order valence-electron chi connectivity index (χ3n) is 2.90. The Balaban J connectivity index is 2.10. The third-order valence-corrected chi connectivity index (χ3v) is 3.94. The minimum atomic E-state index is 0.520. The Bertz CT molecular complexity index is 686. The van der Waals surface area contributed by atoms with Crippen LogP contribution in [0.25, 0.3) is 20.9 Å². The summed E-state index contributed by atoms with van der Waals surface area (Å²) < 4.78 is 1.20. The van der Waals surface area contributed by atoms with Crippen LogP contribution >= 0.6 is 11.3 Å². The molecule has 4 heteroatoms. The molecular formula is C14H13N3S. The van der Waals surface area contributed by atoms with Crippen LogP contribution in [0.1, 0.15) is 11.1 Å². The van der Waals surface area contributed by atoms with Crippen LogP contribution in [0.4, 0.5) is 0 Å². The molecule has 0 fully saturated rings. The van der Waals surface area contributed by atoms with Crippen molar-refractivity contribution in [2.75, 3.05) is 0 Å². The minimum Gasteiger partial charge on any atom is -0.326 e. The van der Waals surface area contributed by atoms with Gasteiger partial charge in [0.05, 0.1) is 15.9 Å². The molecule has 0 atom stereocenters. The van der Waals surface area contributed by atoms with E-state index in [4.69, 9.17) is 5.73 Å². The lowest BCUT2D eigenvalue weighted by molar-refractivity contribution is 1.05. The zero-order chi connectivity index (χ0) is 12.5. The van der Waals surface area contributed by atoms with Gasteiger partial charge in [-0.1, -0.05) is 18.2 Å². The first kappa shape index (κ1) is 11.3. The van der Waals surface area contributed by atoms with Gasteiger partial charge in [0, 0.05) is 12.7 Å². The van der Waals surface area contributed by atoms with Gasteiger partial charge < -0.3 is 5.73 Å². The summed E-state index contributed by atoms with van der Waals surface area (Å²) in [5.41, 5.74) is 9.79.